The Morgan fingerprint density at radius 1 is 1.03 bits per heavy atom. The molecule has 0 saturated carbocycles. The minimum Gasteiger partial charge on any atom is -0.378 e. The molecule has 154 valence electrons. The van der Waals surface area contributed by atoms with Gasteiger partial charge in [0.1, 0.15) is 6.54 Å². The zero-order valence-electron chi connectivity index (χ0n) is 15.9. The second-order valence-electron chi connectivity index (χ2n) is 6.88. The van der Waals surface area contributed by atoms with Gasteiger partial charge in [0, 0.05) is 36.6 Å². The molecule has 1 fully saturated rings. The van der Waals surface area contributed by atoms with Gasteiger partial charge in [0.25, 0.3) is 17.5 Å². The van der Waals surface area contributed by atoms with E-state index in [1.54, 1.807) is 12.1 Å². The first-order chi connectivity index (χ1) is 14.4. The summed E-state index contributed by atoms with van der Waals surface area (Å²) in [7, 11) is 0. The Balaban J connectivity index is 1.41. The highest BCUT2D eigenvalue weighted by molar-refractivity contribution is 6.23. The van der Waals surface area contributed by atoms with Crippen LogP contribution >= 0.6 is 0 Å². The molecule has 2 aromatic carbocycles. The van der Waals surface area contributed by atoms with Crippen molar-refractivity contribution in [2.45, 2.75) is 0 Å². The number of benzene rings is 2. The number of fused-ring (bicyclic) bond motifs is 1. The first-order valence-electron chi connectivity index (χ1n) is 9.31. The lowest BCUT2D eigenvalue weighted by Crippen LogP contribution is -2.37. The summed E-state index contributed by atoms with van der Waals surface area (Å²) in [6, 6.07) is 10.7. The standard InChI is InChI=1S/C20H18N4O6/c25-18(21-13-1-3-14(4-2-13)22-7-9-30-10-8-22)12-23-19(26)16-6-5-15(24(28)29)11-17(16)20(23)27/h1-6,11H,7-10,12H2,(H,21,25). The zero-order chi connectivity index (χ0) is 21.3. The number of rotatable bonds is 5. The number of nitro groups is 1. The van der Waals surface area contributed by atoms with E-state index in [2.05, 4.69) is 10.2 Å². The number of nitrogens with zero attached hydrogens (tertiary/aromatic N) is 3. The fraction of sp³-hybridized carbons (Fsp3) is 0.250. The number of morpholine rings is 1. The number of nitrogens with one attached hydrogen (secondary N) is 1. The topological polar surface area (TPSA) is 122 Å². The molecule has 0 bridgehead atoms. The molecule has 1 saturated heterocycles. The number of carbonyl (C=O) groups excluding carboxylic acids is 3. The predicted octanol–water partition coefficient (Wildman–Crippen LogP) is 1.67. The number of non-ortho nitro benzene ring substituents is 1. The second kappa shape index (κ2) is 7.91. The number of hydrogen-bond acceptors (Lipinski definition) is 7. The first kappa shape index (κ1) is 19.5. The van der Waals surface area contributed by atoms with Gasteiger partial charge in [-0.05, 0) is 30.3 Å². The van der Waals surface area contributed by atoms with Gasteiger partial charge in [-0.25, -0.2) is 0 Å². The van der Waals surface area contributed by atoms with Crippen molar-refractivity contribution >= 4 is 34.8 Å². The van der Waals surface area contributed by atoms with Crippen LogP contribution in [0.4, 0.5) is 17.1 Å². The second-order valence-corrected chi connectivity index (χ2v) is 6.88. The lowest BCUT2D eigenvalue weighted by Gasteiger charge is -2.28. The molecular weight excluding hydrogens is 392 g/mol. The molecular formula is C20H18N4O6. The van der Waals surface area contributed by atoms with E-state index in [4.69, 9.17) is 4.74 Å². The number of amides is 3. The molecule has 2 aromatic rings. The van der Waals surface area contributed by atoms with Crippen LogP contribution < -0.4 is 10.2 Å². The van der Waals surface area contributed by atoms with Crippen molar-refractivity contribution in [2.24, 2.45) is 0 Å². The SMILES string of the molecule is O=C(CN1C(=O)c2ccc([N+](=O)[O-])cc2C1=O)Nc1ccc(N2CCOCC2)cc1. The van der Waals surface area contributed by atoms with E-state index in [9.17, 15) is 24.5 Å². The van der Waals surface area contributed by atoms with Gasteiger partial charge in [0.2, 0.25) is 5.91 Å². The maximum absolute atomic E-state index is 12.5. The quantitative estimate of drug-likeness (QED) is 0.452. The van der Waals surface area contributed by atoms with Crippen molar-refractivity contribution in [3.63, 3.8) is 0 Å². The fourth-order valence-corrected chi connectivity index (χ4v) is 3.46. The summed E-state index contributed by atoms with van der Waals surface area (Å²) >= 11 is 0. The van der Waals surface area contributed by atoms with Crippen LogP contribution in [0.25, 0.3) is 0 Å². The first-order valence-corrected chi connectivity index (χ1v) is 9.31. The monoisotopic (exact) mass is 410 g/mol. The smallest absolute Gasteiger partial charge is 0.270 e. The Morgan fingerprint density at radius 3 is 2.37 bits per heavy atom. The summed E-state index contributed by atoms with van der Waals surface area (Å²) in [5.74, 6) is -1.92. The van der Waals surface area contributed by atoms with E-state index in [0.29, 0.717) is 18.9 Å². The molecule has 3 amide bonds. The van der Waals surface area contributed by atoms with Gasteiger partial charge in [-0.1, -0.05) is 0 Å². The van der Waals surface area contributed by atoms with Gasteiger partial charge in [-0.2, -0.15) is 0 Å². The van der Waals surface area contributed by atoms with Crippen LogP contribution in [0.2, 0.25) is 0 Å². The van der Waals surface area contributed by atoms with Crippen LogP contribution in [0, 0.1) is 10.1 Å². The lowest BCUT2D eigenvalue weighted by atomic mass is 10.1. The molecule has 4 rings (SSSR count). The summed E-state index contributed by atoms with van der Waals surface area (Å²) in [4.78, 5) is 50.5. The largest absolute Gasteiger partial charge is 0.378 e. The van der Waals surface area contributed by atoms with Gasteiger partial charge in [0.15, 0.2) is 0 Å². The molecule has 2 heterocycles. The highest BCUT2D eigenvalue weighted by Gasteiger charge is 2.37. The number of carbonyl (C=O) groups is 3. The Labute approximate surface area is 171 Å². The van der Waals surface area contributed by atoms with Crippen molar-refractivity contribution in [2.75, 3.05) is 43.1 Å². The summed E-state index contributed by atoms with van der Waals surface area (Å²) < 4.78 is 5.33. The molecule has 30 heavy (non-hydrogen) atoms. The molecule has 0 atom stereocenters. The summed E-state index contributed by atoms with van der Waals surface area (Å²) in [5.41, 5.74) is 1.23. The predicted molar refractivity (Wildman–Crippen MR) is 107 cm³/mol. The molecule has 0 aliphatic carbocycles. The van der Waals surface area contributed by atoms with Gasteiger partial charge in [-0.15, -0.1) is 0 Å². The van der Waals surface area contributed by atoms with Crippen molar-refractivity contribution in [1.29, 1.82) is 0 Å². The molecule has 2 aliphatic heterocycles. The summed E-state index contributed by atoms with van der Waals surface area (Å²) in [5, 5.41) is 13.6. The third-order valence-corrected chi connectivity index (χ3v) is 4.99. The summed E-state index contributed by atoms with van der Waals surface area (Å²) in [6.45, 7) is 2.45. The van der Waals surface area contributed by atoms with E-state index in [-0.39, 0.29) is 16.8 Å². The molecule has 0 unspecified atom stereocenters. The molecule has 1 N–H and O–H groups in total. The van der Waals surface area contributed by atoms with Crippen molar-refractivity contribution < 1.29 is 24.0 Å². The molecule has 10 heteroatoms. The number of ether oxygens (including phenoxy) is 1. The number of hydrogen-bond donors (Lipinski definition) is 1. The van der Waals surface area contributed by atoms with Crippen LogP contribution in [-0.2, 0) is 9.53 Å². The average Bonchev–Trinajstić information content (AvgIpc) is 2.99. The number of anilines is 2. The zero-order valence-corrected chi connectivity index (χ0v) is 15.9. The normalized spacial score (nSPS) is 15.9. The van der Waals surface area contributed by atoms with Crippen LogP contribution in [0.5, 0.6) is 0 Å². The van der Waals surface area contributed by atoms with Crippen molar-refractivity contribution in [3.05, 3.63) is 63.7 Å². The fourth-order valence-electron chi connectivity index (χ4n) is 3.46. The van der Waals surface area contributed by atoms with Crippen LogP contribution in [0.3, 0.4) is 0 Å². The van der Waals surface area contributed by atoms with Gasteiger partial charge < -0.3 is 15.0 Å². The van der Waals surface area contributed by atoms with Crippen LogP contribution in [0.15, 0.2) is 42.5 Å². The van der Waals surface area contributed by atoms with Gasteiger partial charge in [-0.3, -0.25) is 29.4 Å². The van der Waals surface area contributed by atoms with E-state index in [0.717, 1.165) is 35.8 Å². The van der Waals surface area contributed by atoms with E-state index in [1.807, 2.05) is 12.1 Å². The third kappa shape index (κ3) is 3.72. The number of imide groups is 1. The third-order valence-electron chi connectivity index (χ3n) is 4.99. The molecule has 10 nitrogen and oxygen atoms in total. The highest BCUT2D eigenvalue weighted by atomic mass is 16.6. The van der Waals surface area contributed by atoms with Crippen LogP contribution in [-0.4, -0.2) is 60.4 Å². The Hall–Kier alpha value is -3.79. The van der Waals surface area contributed by atoms with E-state index < -0.39 is 29.2 Å². The minimum atomic E-state index is -0.725. The average molecular weight is 410 g/mol. The molecule has 0 spiro atoms. The Bertz CT molecular complexity index is 1030. The van der Waals surface area contributed by atoms with Crippen molar-refractivity contribution in [3.8, 4) is 0 Å². The summed E-state index contributed by atoms with van der Waals surface area (Å²) in [6.07, 6.45) is 0. The van der Waals surface area contributed by atoms with Crippen LogP contribution in [0.1, 0.15) is 20.7 Å². The van der Waals surface area contributed by atoms with E-state index >= 15 is 0 Å². The maximum atomic E-state index is 12.5. The molecule has 0 radical (unpaired) electrons. The van der Waals surface area contributed by atoms with Gasteiger partial charge in [0.05, 0.1) is 29.3 Å². The molecule has 2 aliphatic rings. The maximum Gasteiger partial charge on any atom is 0.270 e. The minimum absolute atomic E-state index is 0.0493. The highest BCUT2D eigenvalue weighted by Crippen LogP contribution is 2.27. The van der Waals surface area contributed by atoms with Crippen molar-refractivity contribution in [1.82, 2.24) is 4.90 Å². The van der Waals surface area contributed by atoms with E-state index in [1.165, 1.54) is 6.07 Å². The molecule has 0 aromatic heterocycles. The lowest BCUT2D eigenvalue weighted by molar-refractivity contribution is -0.384. The van der Waals surface area contributed by atoms with Gasteiger partial charge >= 0.3 is 0 Å². The Morgan fingerprint density at radius 2 is 1.70 bits per heavy atom. The number of nitro benzene ring substituents is 1. The Kier molecular flexibility index (Phi) is 5.15.